The maximum Gasteiger partial charge on any atom is 0.247 e. The summed E-state index contributed by atoms with van der Waals surface area (Å²) in [6.45, 7) is 7.77. The van der Waals surface area contributed by atoms with Gasteiger partial charge in [0.05, 0.1) is 0 Å². The number of hydrogen-bond acceptors (Lipinski definition) is 2. The first kappa shape index (κ1) is 13.2. The molecule has 0 saturated heterocycles. The summed E-state index contributed by atoms with van der Waals surface area (Å²) in [7, 11) is 1.77. The van der Waals surface area contributed by atoms with Gasteiger partial charge in [-0.1, -0.05) is 44.5 Å². The molecule has 0 radical (unpaired) electrons. The number of phenols is 1. The second-order valence-corrected chi connectivity index (χ2v) is 4.42. The number of hydrogen-bond donors (Lipinski definition) is 1. The fourth-order valence-corrected chi connectivity index (χ4v) is 2.16. The summed E-state index contributed by atoms with van der Waals surface area (Å²) in [5, 5.41) is 9.25. The highest BCUT2D eigenvalue weighted by molar-refractivity contribution is 7.51. The van der Waals surface area contributed by atoms with Gasteiger partial charge in [-0.25, -0.2) is 0 Å². The topological polar surface area (TPSA) is 29.5 Å². The third kappa shape index (κ3) is 3.08. The second-order valence-electron chi connectivity index (χ2n) is 4.42. The van der Waals surface area contributed by atoms with Crippen molar-refractivity contribution >= 4 is 25.4 Å². The number of benzene rings is 1. The van der Waals surface area contributed by atoms with Crippen molar-refractivity contribution in [1.82, 2.24) is 0 Å². The van der Waals surface area contributed by atoms with Gasteiger partial charge in [0.1, 0.15) is 18.8 Å². The zero-order chi connectivity index (χ0) is 12.1. The van der Waals surface area contributed by atoms with Crippen LogP contribution < -0.4 is 5.46 Å². The highest BCUT2D eigenvalue weighted by Gasteiger charge is 2.31. The Balaban J connectivity index is 2.76. The van der Waals surface area contributed by atoms with Gasteiger partial charge < -0.3 is 9.76 Å². The van der Waals surface area contributed by atoms with Crippen molar-refractivity contribution in [1.29, 1.82) is 0 Å². The predicted octanol–water partition coefficient (Wildman–Crippen LogP) is 1.66. The molecule has 0 spiro atoms. The van der Waals surface area contributed by atoms with E-state index in [1.165, 1.54) is 5.46 Å². The van der Waals surface area contributed by atoms with Crippen molar-refractivity contribution in [3.05, 3.63) is 24.3 Å². The third-order valence-corrected chi connectivity index (χ3v) is 3.50. The molecule has 1 rings (SSSR count). The van der Waals surface area contributed by atoms with Crippen LogP contribution in [0.1, 0.15) is 6.92 Å². The van der Waals surface area contributed by atoms with Gasteiger partial charge in [-0.3, -0.25) is 0 Å². The molecule has 0 aliphatic heterocycles. The van der Waals surface area contributed by atoms with E-state index in [-0.39, 0.29) is 0 Å². The van der Waals surface area contributed by atoms with Crippen LogP contribution in [0.2, 0.25) is 20.0 Å². The van der Waals surface area contributed by atoms with Crippen molar-refractivity contribution in [2.75, 3.05) is 7.11 Å². The summed E-state index contributed by atoms with van der Waals surface area (Å²) in [4.78, 5) is 0. The average molecular weight is 216 g/mol. The van der Waals surface area contributed by atoms with Gasteiger partial charge in [0.15, 0.2) is 0 Å². The standard InChI is InChI=1S/C11H19B3O2/c1-5-14(16-4)13(3)12(2)10-6-8-11(15)9-7-10/h6-9,15H,5H2,1-4H3. The Bertz CT molecular complexity index is 312. The van der Waals surface area contributed by atoms with E-state index in [1.54, 1.807) is 19.2 Å². The molecule has 1 aromatic rings. The highest BCUT2D eigenvalue weighted by Crippen LogP contribution is 2.07. The Kier molecular flexibility index (Phi) is 5.00. The van der Waals surface area contributed by atoms with Crippen LogP contribution >= 0.6 is 0 Å². The zero-order valence-corrected chi connectivity index (χ0v) is 10.6. The maximum atomic E-state index is 9.25. The minimum atomic E-state index is 0.295. The van der Waals surface area contributed by atoms with Crippen molar-refractivity contribution in [2.24, 2.45) is 0 Å². The van der Waals surface area contributed by atoms with Crippen molar-refractivity contribution in [3.8, 4) is 5.75 Å². The lowest BCUT2D eigenvalue weighted by atomic mass is 8.92. The molecular formula is C11H19B3O2. The molecule has 0 aliphatic rings. The van der Waals surface area contributed by atoms with Crippen LogP contribution in [0.25, 0.3) is 0 Å². The van der Waals surface area contributed by atoms with E-state index in [0.29, 0.717) is 25.7 Å². The summed E-state index contributed by atoms with van der Waals surface area (Å²) >= 11 is 0. The van der Waals surface area contributed by atoms with Crippen LogP contribution in [-0.4, -0.2) is 32.1 Å². The van der Waals surface area contributed by atoms with Gasteiger partial charge in [0, 0.05) is 7.11 Å². The van der Waals surface area contributed by atoms with E-state index >= 15 is 0 Å². The molecule has 0 unspecified atom stereocenters. The molecule has 84 valence electrons. The van der Waals surface area contributed by atoms with E-state index in [4.69, 9.17) is 4.65 Å². The summed E-state index contributed by atoms with van der Waals surface area (Å²) in [5.74, 6) is 0.322. The summed E-state index contributed by atoms with van der Waals surface area (Å²) in [6, 6.07) is 7.45. The lowest BCUT2D eigenvalue weighted by Gasteiger charge is -2.20. The monoisotopic (exact) mass is 216 g/mol. The Labute approximate surface area is 99.6 Å². The molecule has 0 saturated carbocycles. The van der Waals surface area contributed by atoms with E-state index in [2.05, 4.69) is 20.6 Å². The van der Waals surface area contributed by atoms with Gasteiger partial charge in [-0.2, -0.15) is 0 Å². The first-order valence-electron chi connectivity index (χ1n) is 5.91. The minimum Gasteiger partial charge on any atom is -0.508 e. The predicted molar refractivity (Wildman–Crippen MR) is 74.2 cm³/mol. The molecular weight excluding hydrogens is 197 g/mol. The van der Waals surface area contributed by atoms with Crippen LogP contribution in [0, 0.1) is 0 Å². The van der Waals surface area contributed by atoms with E-state index < -0.39 is 0 Å². The van der Waals surface area contributed by atoms with Crippen LogP contribution in [0.5, 0.6) is 5.75 Å². The quantitative estimate of drug-likeness (QED) is 0.758. The third-order valence-electron chi connectivity index (χ3n) is 3.50. The van der Waals surface area contributed by atoms with E-state index in [0.717, 1.165) is 6.32 Å². The van der Waals surface area contributed by atoms with E-state index in [9.17, 15) is 5.11 Å². The smallest absolute Gasteiger partial charge is 0.247 e. The van der Waals surface area contributed by atoms with Gasteiger partial charge >= 0.3 is 0 Å². The maximum absolute atomic E-state index is 9.25. The lowest BCUT2D eigenvalue weighted by molar-refractivity contribution is 0.434. The Hall–Kier alpha value is -0.825. The molecule has 1 N–H and O–H groups in total. The fraction of sp³-hybridized carbons (Fsp3) is 0.455. The molecule has 0 fully saturated rings. The zero-order valence-electron chi connectivity index (χ0n) is 10.6. The minimum absolute atomic E-state index is 0.295. The van der Waals surface area contributed by atoms with Crippen molar-refractivity contribution < 1.29 is 9.76 Å². The van der Waals surface area contributed by atoms with Crippen LogP contribution in [-0.2, 0) is 4.65 Å². The summed E-state index contributed by atoms with van der Waals surface area (Å²) in [6.07, 6.45) is 1.03. The fourth-order valence-electron chi connectivity index (χ4n) is 2.16. The molecule has 0 bridgehead atoms. The van der Waals surface area contributed by atoms with Gasteiger partial charge in [-0.15, -0.1) is 0 Å². The highest BCUT2D eigenvalue weighted by atomic mass is 16.4. The number of aromatic hydroxyl groups is 1. The van der Waals surface area contributed by atoms with Crippen LogP contribution in [0.4, 0.5) is 0 Å². The molecule has 5 heteroatoms. The van der Waals surface area contributed by atoms with E-state index in [1.807, 2.05) is 12.1 Å². The molecule has 16 heavy (non-hydrogen) atoms. The number of phenolic OH excluding ortho intramolecular Hbond substituents is 1. The van der Waals surface area contributed by atoms with Crippen molar-refractivity contribution in [2.45, 2.75) is 26.9 Å². The summed E-state index contributed by atoms with van der Waals surface area (Å²) in [5.41, 5.74) is 1.25. The molecule has 1 aromatic carbocycles. The molecule has 0 aromatic heterocycles. The average Bonchev–Trinajstić information content (AvgIpc) is 2.30. The van der Waals surface area contributed by atoms with Crippen LogP contribution in [0.3, 0.4) is 0 Å². The number of rotatable bonds is 5. The lowest BCUT2D eigenvalue weighted by Crippen LogP contribution is -2.51. The van der Waals surface area contributed by atoms with Gasteiger partial charge in [0.2, 0.25) is 6.81 Å². The molecule has 0 atom stereocenters. The second kappa shape index (κ2) is 6.04. The normalized spacial score (nSPS) is 10.0. The van der Waals surface area contributed by atoms with Crippen LogP contribution in [0.15, 0.2) is 24.3 Å². The SMILES string of the molecule is CCB(OC)B(C)B(C)c1ccc(O)cc1. The molecule has 2 nitrogen and oxygen atoms in total. The first-order valence-corrected chi connectivity index (χ1v) is 5.91. The largest absolute Gasteiger partial charge is 0.508 e. The van der Waals surface area contributed by atoms with Gasteiger partial charge in [0.25, 0.3) is 0 Å². The molecule has 0 aliphatic carbocycles. The first-order chi connectivity index (χ1) is 7.60. The van der Waals surface area contributed by atoms with Crippen molar-refractivity contribution in [3.63, 3.8) is 0 Å². The Morgan fingerprint density at radius 3 is 2.19 bits per heavy atom. The molecule has 0 heterocycles. The Morgan fingerprint density at radius 2 is 1.75 bits per heavy atom. The van der Waals surface area contributed by atoms with Gasteiger partial charge in [-0.05, 0) is 12.1 Å². The summed E-state index contributed by atoms with van der Waals surface area (Å²) < 4.78 is 5.48. The molecule has 0 amide bonds. The Morgan fingerprint density at radius 1 is 1.19 bits per heavy atom.